The fourth-order valence-electron chi connectivity index (χ4n) is 3.06. The van der Waals surface area contributed by atoms with Crippen molar-refractivity contribution in [1.29, 1.82) is 5.26 Å². The topological polar surface area (TPSA) is 73.1 Å². The number of benzene rings is 3. The lowest BCUT2D eigenvalue weighted by Gasteiger charge is -2.20. The Morgan fingerprint density at radius 1 is 1.21 bits per heavy atom. The van der Waals surface area contributed by atoms with Gasteiger partial charge in [-0.05, 0) is 47.5 Å². The third kappa shape index (κ3) is 4.66. The van der Waals surface area contributed by atoms with E-state index in [0.717, 1.165) is 34.2 Å². The minimum atomic E-state index is -0.0312. The van der Waals surface area contributed by atoms with Gasteiger partial charge in [-0.1, -0.05) is 52.8 Å². The van der Waals surface area contributed by atoms with Crippen molar-refractivity contribution in [3.8, 4) is 6.07 Å². The number of rotatable bonds is 5. The number of nitriles is 1. The number of halogens is 1. The Bertz CT molecular complexity index is 1050. The highest BCUT2D eigenvalue weighted by Crippen LogP contribution is 2.30. The van der Waals surface area contributed by atoms with Gasteiger partial charge in [0.2, 0.25) is 0 Å². The number of aldehydes is 1. The maximum atomic E-state index is 11.1. The molecule has 3 aromatic rings. The summed E-state index contributed by atoms with van der Waals surface area (Å²) in [5.74, 6) is 0. The standard InChI is InChI=1S/C22H17BrN2O.CH4O/c1-14(21-9-16(13-26)7-8-18(21)12-24)25-15(2)22-11-19(23)10-17-5-3-4-6-20(17)22;1-2/h3-11,13,15,25H,1H2,2H3;2H,1H3. The molecule has 142 valence electrons. The fourth-order valence-corrected chi connectivity index (χ4v) is 3.55. The van der Waals surface area contributed by atoms with E-state index >= 15 is 0 Å². The number of carbonyl (C=O) groups excluding carboxylic acids is 1. The molecule has 0 aromatic heterocycles. The first kappa shape index (κ1) is 21.4. The summed E-state index contributed by atoms with van der Waals surface area (Å²) in [5, 5.41) is 22.0. The van der Waals surface area contributed by atoms with Gasteiger partial charge in [0.05, 0.1) is 11.6 Å². The average Bonchev–Trinajstić information content (AvgIpc) is 2.73. The van der Waals surface area contributed by atoms with E-state index < -0.39 is 0 Å². The van der Waals surface area contributed by atoms with Gasteiger partial charge in [-0.2, -0.15) is 5.26 Å². The summed E-state index contributed by atoms with van der Waals surface area (Å²) in [6, 6.07) is 19.5. The van der Waals surface area contributed by atoms with Gasteiger partial charge in [-0.25, -0.2) is 0 Å². The Balaban J connectivity index is 0.00000136. The summed E-state index contributed by atoms with van der Waals surface area (Å²) in [6.45, 7) is 6.14. The van der Waals surface area contributed by atoms with Crippen molar-refractivity contribution in [2.75, 3.05) is 7.11 Å². The zero-order valence-corrected chi connectivity index (χ0v) is 17.3. The summed E-state index contributed by atoms with van der Waals surface area (Å²) >= 11 is 3.57. The third-order valence-electron chi connectivity index (χ3n) is 4.34. The van der Waals surface area contributed by atoms with Crippen molar-refractivity contribution in [2.45, 2.75) is 13.0 Å². The van der Waals surface area contributed by atoms with Crippen LogP contribution in [-0.2, 0) is 0 Å². The van der Waals surface area contributed by atoms with Gasteiger partial charge in [0.1, 0.15) is 6.29 Å². The maximum Gasteiger partial charge on any atom is 0.150 e. The molecular weight excluding hydrogens is 416 g/mol. The van der Waals surface area contributed by atoms with Crippen LogP contribution in [0.5, 0.6) is 0 Å². The number of aliphatic hydroxyl groups is 1. The molecule has 0 aliphatic heterocycles. The molecule has 1 unspecified atom stereocenters. The van der Waals surface area contributed by atoms with Gasteiger partial charge in [0.25, 0.3) is 0 Å². The summed E-state index contributed by atoms with van der Waals surface area (Å²) in [5.41, 5.74) is 3.38. The first-order valence-electron chi connectivity index (χ1n) is 8.61. The molecule has 4 nitrogen and oxygen atoms in total. The van der Waals surface area contributed by atoms with Crippen LogP contribution in [-0.4, -0.2) is 18.5 Å². The Morgan fingerprint density at radius 3 is 2.61 bits per heavy atom. The number of nitrogens with zero attached hydrogens (tertiary/aromatic N) is 1. The molecule has 0 aliphatic rings. The number of fused-ring (bicyclic) bond motifs is 1. The van der Waals surface area contributed by atoms with Crippen molar-refractivity contribution in [1.82, 2.24) is 5.32 Å². The number of hydrogen-bond acceptors (Lipinski definition) is 4. The zero-order chi connectivity index (χ0) is 20.7. The lowest BCUT2D eigenvalue weighted by atomic mass is 9.98. The molecule has 2 N–H and O–H groups in total. The fraction of sp³-hybridized carbons (Fsp3) is 0.130. The van der Waals surface area contributed by atoms with E-state index in [4.69, 9.17) is 5.11 Å². The SMILES string of the molecule is C=C(NC(C)c1cc(Br)cc2ccccc12)c1cc(C=O)ccc1C#N.CO. The molecule has 0 heterocycles. The summed E-state index contributed by atoms with van der Waals surface area (Å²) in [7, 11) is 1.00. The average molecular weight is 437 g/mol. The van der Waals surface area contributed by atoms with Crippen molar-refractivity contribution in [3.05, 3.63) is 87.9 Å². The van der Waals surface area contributed by atoms with Crippen LogP contribution < -0.4 is 5.32 Å². The van der Waals surface area contributed by atoms with Crippen LogP contribution in [0.3, 0.4) is 0 Å². The number of aliphatic hydroxyl groups excluding tert-OH is 1. The van der Waals surface area contributed by atoms with E-state index in [1.807, 2.05) is 12.1 Å². The minimum Gasteiger partial charge on any atom is -0.400 e. The monoisotopic (exact) mass is 436 g/mol. The summed E-state index contributed by atoms with van der Waals surface area (Å²) < 4.78 is 1.01. The highest BCUT2D eigenvalue weighted by atomic mass is 79.9. The molecule has 0 amide bonds. The minimum absolute atomic E-state index is 0.0312. The second-order valence-corrected chi connectivity index (χ2v) is 7.01. The Kier molecular flexibility index (Phi) is 7.51. The highest BCUT2D eigenvalue weighted by molar-refractivity contribution is 9.10. The number of nitrogens with one attached hydrogen (secondary N) is 1. The van der Waals surface area contributed by atoms with Crippen molar-refractivity contribution in [3.63, 3.8) is 0 Å². The van der Waals surface area contributed by atoms with Crippen molar-refractivity contribution < 1.29 is 9.90 Å². The van der Waals surface area contributed by atoms with Gasteiger partial charge >= 0.3 is 0 Å². The lowest BCUT2D eigenvalue weighted by Crippen LogP contribution is -2.17. The van der Waals surface area contributed by atoms with Crippen LogP contribution >= 0.6 is 15.9 Å². The first-order chi connectivity index (χ1) is 13.5. The molecule has 5 heteroatoms. The van der Waals surface area contributed by atoms with Gasteiger partial charge in [0.15, 0.2) is 0 Å². The molecule has 0 bridgehead atoms. The highest BCUT2D eigenvalue weighted by Gasteiger charge is 2.14. The van der Waals surface area contributed by atoms with E-state index in [1.165, 1.54) is 0 Å². The Morgan fingerprint density at radius 2 is 1.93 bits per heavy atom. The summed E-state index contributed by atoms with van der Waals surface area (Å²) in [6.07, 6.45) is 0.767. The van der Waals surface area contributed by atoms with Gasteiger partial charge in [-0.3, -0.25) is 4.79 Å². The van der Waals surface area contributed by atoms with E-state index in [1.54, 1.807) is 18.2 Å². The van der Waals surface area contributed by atoms with Gasteiger partial charge in [-0.15, -0.1) is 0 Å². The predicted octanol–water partition coefficient (Wildman–Crippen LogP) is 5.22. The molecule has 0 spiro atoms. The van der Waals surface area contributed by atoms with Gasteiger partial charge in [0, 0.05) is 34.4 Å². The number of carbonyl (C=O) groups is 1. The van der Waals surface area contributed by atoms with Crippen LogP contribution in [0.4, 0.5) is 0 Å². The van der Waals surface area contributed by atoms with Crippen LogP contribution in [0.25, 0.3) is 16.5 Å². The van der Waals surface area contributed by atoms with E-state index in [-0.39, 0.29) is 6.04 Å². The van der Waals surface area contributed by atoms with Gasteiger partial charge < -0.3 is 10.4 Å². The second-order valence-electron chi connectivity index (χ2n) is 6.10. The maximum absolute atomic E-state index is 11.1. The molecule has 0 saturated carbocycles. The molecule has 0 aliphatic carbocycles. The molecule has 3 aromatic carbocycles. The largest absolute Gasteiger partial charge is 0.400 e. The Labute approximate surface area is 173 Å². The molecule has 0 saturated heterocycles. The Hall–Kier alpha value is -2.94. The van der Waals surface area contributed by atoms with E-state index in [9.17, 15) is 10.1 Å². The van der Waals surface area contributed by atoms with Crippen molar-refractivity contribution >= 4 is 38.7 Å². The third-order valence-corrected chi connectivity index (χ3v) is 4.80. The molecule has 0 fully saturated rings. The van der Waals surface area contributed by atoms with Crippen molar-refractivity contribution in [2.24, 2.45) is 0 Å². The van der Waals surface area contributed by atoms with Crippen LogP contribution in [0, 0.1) is 11.3 Å². The predicted molar refractivity (Wildman–Crippen MR) is 117 cm³/mol. The molecular formula is C23H21BrN2O2. The summed E-state index contributed by atoms with van der Waals surface area (Å²) in [4.78, 5) is 11.1. The lowest BCUT2D eigenvalue weighted by molar-refractivity contribution is 0.112. The molecule has 28 heavy (non-hydrogen) atoms. The smallest absolute Gasteiger partial charge is 0.150 e. The van der Waals surface area contributed by atoms with E-state index in [2.05, 4.69) is 65.1 Å². The zero-order valence-electron chi connectivity index (χ0n) is 15.7. The molecule has 0 radical (unpaired) electrons. The normalized spacial score (nSPS) is 11.0. The van der Waals surface area contributed by atoms with Crippen LogP contribution in [0.15, 0.2) is 65.6 Å². The first-order valence-corrected chi connectivity index (χ1v) is 9.41. The number of hydrogen-bond donors (Lipinski definition) is 2. The second kappa shape index (κ2) is 9.84. The molecule has 1 atom stereocenters. The van der Waals surface area contributed by atoms with Crippen LogP contribution in [0.2, 0.25) is 0 Å². The molecule has 3 rings (SSSR count). The van der Waals surface area contributed by atoms with Crippen LogP contribution in [0.1, 0.15) is 40.0 Å². The van der Waals surface area contributed by atoms with E-state index in [0.29, 0.717) is 22.4 Å². The quantitative estimate of drug-likeness (QED) is 0.537.